The van der Waals surface area contributed by atoms with Crippen molar-refractivity contribution in [3.05, 3.63) is 94.5 Å². The van der Waals surface area contributed by atoms with Gasteiger partial charge in [-0.05, 0) is 77.4 Å². The summed E-state index contributed by atoms with van der Waals surface area (Å²) in [5.74, 6) is -1.30. The van der Waals surface area contributed by atoms with Crippen LogP contribution in [0.15, 0.2) is 78.4 Å². The molecule has 1 aliphatic heterocycles. The van der Waals surface area contributed by atoms with Crippen molar-refractivity contribution in [3.8, 4) is 11.1 Å². The van der Waals surface area contributed by atoms with E-state index in [0.717, 1.165) is 12.1 Å². The quantitative estimate of drug-likeness (QED) is 0.287. The van der Waals surface area contributed by atoms with Gasteiger partial charge in [-0.1, -0.05) is 41.9 Å². The molecule has 4 nitrogen and oxygen atoms in total. The lowest BCUT2D eigenvalue weighted by Gasteiger charge is -2.29. The van der Waals surface area contributed by atoms with Crippen LogP contribution in [0, 0.1) is 0 Å². The predicted molar refractivity (Wildman–Crippen MR) is 125 cm³/mol. The molecule has 1 heterocycles. The molecule has 166 valence electrons. The van der Waals surface area contributed by atoms with E-state index in [1.165, 1.54) is 17.0 Å². The van der Waals surface area contributed by atoms with Gasteiger partial charge in [0.15, 0.2) is 5.11 Å². The molecule has 1 aliphatic rings. The summed E-state index contributed by atoms with van der Waals surface area (Å²) in [4.78, 5) is 26.8. The van der Waals surface area contributed by atoms with Gasteiger partial charge in [-0.2, -0.15) is 13.2 Å². The van der Waals surface area contributed by atoms with Crippen LogP contribution in [0.1, 0.15) is 11.1 Å². The highest BCUT2D eigenvalue weighted by Crippen LogP contribution is 2.32. The Morgan fingerprint density at radius 3 is 2.21 bits per heavy atom. The summed E-state index contributed by atoms with van der Waals surface area (Å²) in [6, 6.07) is 17.8. The fourth-order valence-corrected chi connectivity index (χ4v) is 3.74. The molecule has 0 atom stereocenters. The molecule has 0 aliphatic carbocycles. The molecule has 3 aromatic rings. The largest absolute Gasteiger partial charge is 0.416 e. The fraction of sp³-hybridized carbons (Fsp3) is 0.0417. The zero-order chi connectivity index (χ0) is 23.8. The van der Waals surface area contributed by atoms with Crippen LogP contribution in [-0.2, 0) is 15.8 Å². The van der Waals surface area contributed by atoms with Gasteiger partial charge in [0.1, 0.15) is 5.57 Å². The first-order valence-corrected chi connectivity index (χ1v) is 10.4. The molecule has 0 spiro atoms. The average Bonchev–Trinajstić information content (AvgIpc) is 2.77. The van der Waals surface area contributed by atoms with Crippen LogP contribution in [0.3, 0.4) is 0 Å². The number of rotatable bonds is 3. The lowest BCUT2D eigenvalue weighted by atomic mass is 9.99. The third kappa shape index (κ3) is 4.81. The first-order chi connectivity index (χ1) is 15.6. The zero-order valence-electron chi connectivity index (χ0n) is 16.7. The van der Waals surface area contributed by atoms with E-state index in [-0.39, 0.29) is 10.7 Å². The van der Waals surface area contributed by atoms with E-state index in [4.69, 9.17) is 23.8 Å². The standard InChI is InChI=1S/C24H14ClF3N2O2S/c25-18-7-9-19(10-8-18)30-22(32)20(21(31)29-23(30)33)12-14-3-1-4-15(11-14)16-5-2-6-17(13-16)24(26,27)28/h1-13H,(H,29,31,33). The Morgan fingerprint density at radius 2 is 1.55 bits per heavy atom. The third-order valence-electron chi connectivity index (χ3n) is 4.91. The van der Waals surface area contributed by atoms with Crippen LogP contribution in [-0.4, -0.2) is 16.9 Å². The van der Waals surface area contributed by atoms with Gasteiger partial charge in [0.05, 0.1) is 11.3 Å². The molecule has 0 aromatic heterocycles. The van der Waals surface area contributed by atoms with Gasteiger partial charge in [-0.3, -0.25) is 19.8 Å². The second kappa shape index (κ2) is 8.80. The molecule has 0 radical (unpaired) electrons. The molecule has 0 unspecified atom stereocenters. The number of amides is 2. The van der Waals surface area contributed by atoms with E-state index in [2.05, 4.69) is 5.32 Å². The van der Waals surface area contributed by atoms with Crippen LogP contribution in [0.5, 0.6) is 0 Å². The van der Waals surface area contributed by atoms with Crippen molar-refractivity contribution in [2.75, 3.05) is 4.90 Å². The van der Waals surface area contributed by atoms with Crippen molar-refractivity contribution < 1.29 is 22.8 Å². The van der Waals surface area contributed by atoms with Gasteiger partial charge < -0.3 is 0 Å². The molecule has 1 N–H and O–H groups in total. The number of carbonyl (C=O) groups is 2. The summed E-state index contributed by atoms with van der Waals surface area (Å²) in [6.07, 6.45) is -3.09. The number of thiocarbonyl (C=S) groups is 1. The summed E-state index contributed by atoms with van der Waals surface area (Å²) >= 11 is 11.1. The van der Waals surface area contributed by atoms with Gasteiger partial charge in [-0.25, -0.2) is 0 Å². The maximum Gasteiger partial charge on any atom is 0.416 e. The predicted octanol–water partition coefficient (Wildman–Crippen LogP) is 5.86. The van der Waals surface area contributed by atoms with Gasteiger partial charge in [0, 0.05) is 5.02 Å². The monoisotopic (exact) mass is 486 g/mol. The van der Waals surface area contributed by atoms with Crippen LogP contribution in [0.2, 0.25) is 5.02 Å². The molecule has 4 rings (SSSR count). The van der Waals surface area contributed by atoms with Crippen LogP contribution in [0.25, 0.3) is 17.2 Å². The Labute approximate surface area is 197 Å². The minimum Gasteiger partial charge on any atom is -0.298 e. The lowest BCUT2D eigenvalue weighted by molar-refractivity contribution is -0.137. The van der Waals surface area contributed by atoms with Crippen molar-refractivity contribution in [2.24, 2.45) is 0 Å². The fourth-order valence-electron chi connectivity index (χ4n) is 3.33. The molecule has 2 amide bonds. The molecular weight excluding hydrogens is 473 g/mol. The van der Waals surface area contributed by atoms with Gasteiger partial charge in [-0.15, -0.1) is 0 Å². The normalized spacial score (nSPS) is 15.7. The Hall–Kier alpha value is -3.49. The number of alkyl halides is 3. The van der Waals surface area contributed by atoms with Crippen molar-refractivity contribution in [3.63, 3.8) is 0 Å². The van der Waals surface area contributed by atoms with E-state index >= 15 is 0 Å². The highest BCUT2D eigenvalue weighted by atomic mass is 35.5. The minimum atomic E-state index is -4.47. The molecule has 0 saturated carbocycles. The van der Waals surface area contributed by atoms with Crippen molar-refractivity contribution in [1.29, 1.82) is 0 Å². The van der Waals surface area contributed by atoms with Gasteiger partial charge >= 0.3 is 6.18 Å². The third-order valence-corrected chi connectivity index (χ3v) is 5.44. The zero-order valence-corrected chi connectivity index (χ0v) is 18.3. The second-order valence-electron chi connectivity index (χ2n) is 7.14. The molecule has 1 fully saturated rings. The summed E-state index contributed by atoms with van der Waals surface area (Å²) in [5.41, 5.74) is 0.820. The maximum absolute atomic E-state index is 13.1. The lowest BCUT2D eigenvalue weighted by Crippen LogP contribution is -2.54. The van der Waals surface area contributed by atoms with E-state index in [0.29, 0.717) is 27.4 Å². The number of halogens is 4. The summed E-state index contributed by atoms with van der Waals surface area (Å²) in [7, 11) is 0. The van der Waals surface area contributed by atoms with E-state index in [1.807, 2.05) is 0 Å². The average molecular weight is 487 g/mol. The Kier molecular flexibility index (Phi) is 6.05. The summed E-state index contributed by atoms with van der Waals surface area (Å²) < 4.78 is 39.2. The SMILES string of the molecule is O=C1NC(=S)N(c2ccc(Cl)cc2)C(=O)C1=Cc1cccc(-c2cccc(C(F)(F)F)c2)c1. The first-order valence-electron chi connectivity index (χ1n) is 9.58. The number of nitrogens with zero attached hydrogens (tertiary/aromatic N) is 1. The van der Waals surface area contributed by atoms with Gasteiger partial charge in [0.2, 0.25) is 0 Å². The van der Waals surface area contributed by atoms with Crippen LogP contribution >= 0.6 is 23.8 Å². The minimum absolute atomic E-state index is 0.0674. The number of benzene rings is 3. The molecule has 1 saturated heterocycles. The number of carbonyl (C=O) groups excluding carboxylic acids is 2. The molecular formula is C24H14ClF3N2O2S. The van der Waals surface area contributed by atoms with Crippen LogP contribution < -0.4 is 10.2 Å². The highest BCUT2D eigenvalue weighted by Gasteiger charge is 2.34. The first kappa shape index (κ1) is 22.7. The Balaban J connectivity index is 1.70. The van der Waals surface area contributed by atoms with Crippen molar-refractivity contribution >= 4 is 52.5 Å². The number of hydrogen-bond donors (Lipinski definition) is 1. The van der Waals surface area contributed by atoms with Crippen LogP contribution in [0.4, 0.5) is 18.9 Å². The molecule has 3 aromatic carbocycles. The number of hydrogen-bond acceptors (Lipinski definition) is 3. The van der Waals surface area contributed by atoms with E-state index in [9.17, 15) is 22.8 Å². The van der Waals surface area contributed by atoms with E-state index < -0.39 is 23.6 Å². The smallest absolute Gasteiger partial charge is 0.298 e. The Morgan fingerprint density at radius 1 is 0.909 bits per heavy atom. The molecule has 33 heavy (non-hydrogen) atoms. The van der Waals surface area contributed by atoms with Gasteiger partial charge in [0.25, 0.3) is 11.8 Å². The summed E-state index contributed by atoms with van der Waals surface area (Å²) in [5, 5.41) is 2.89. The number of nitrogens with one attached hydrogen (secondary N) is 1. The second-order valence-corrected chi connectivity index (χ2v) is 7.96. The topological polar surface area (TPSA) is 49.4 Å². The number of anilines is 1. The molecule has 0 bridgehead atoms. The molecule has 9 heteroatoms. The maximum atomic E-state index is 13.1. The summed E-state index contributed by atoms with van der Waals surface area (Å²) in [6.45, 7) is 0. The highest BCUT2D eigenvalue weighted by molar-refractivity contribution is 7.80. The van der Waals surface area contributed by atoms with Crippen molar-refractivity contribution in [2.45, 2.75) is 6.18 Å². The van der Waals surface area contributed by atoms with Crippen molar-refractivity contribution in [1.82, 2.24) is 5.32 Å². The Bertz CT molecular complexity index is 1300. The van der Waals surface area contributed by atoms with E-state index in [1.54, 1.807) is 54.6 Å².